The average Bonchev–Trinajstić information content (AvgIpc) is 2.59. The van der Waals surface area contributed by atoms with Crippen LogP contribution in [-0.4, -0.2) is 65.2 Å². The highest BCUT2D eigenvalue weighted by Gasteiger charge is 2.54. The van der Waals surface area contributed by atoms with E-state index in [2.05, 4.69) is 23.3 Å². The molecule has 24 heavy (non-hydrogen) atoms. The molecule has 1 atom stereocenters. The van der Waals surface area contributed by atoms with Gasteiger partial charge in [-0.15, -0.1) is 23.3 Å². The zero-order valence-corrected chi connectivity index (χ0v) is 21.4. The van der Waals surface area contributed by atoms with Crippen LogP contribution in [0.3, 0.4) is 0 Å². The van der Waals surface area contributed by atoms with Crippen molar-refractivity contribution < 1.29 is 26.6 Å². The maximum Gasteiger partial charge on any atom is 0.574 e. The van der Waals surface area contributed by atoms with E-state index in [0.717, 1.165) is 11.8 Å². The predicted molar refractivity (Wildman–Crippen MR) is 118 cm³/mol. The van der Waals surface area contributed by atoms with Crippen LogP contribution in [0.25, 0.3) is 0 Å². The second-order valence-corrected chi connectivity index (χ2v) is 22.9. The van der Waals surface area contributed by atoms with E-state index >= 15 is 0 Å². The topological polar surface area (TPSA) is 125 Å². The summed E-state index contributed by atoms with van der Waals surface area (Å²) in [5, 5.41) is 0. The Morgan fingerprint density at radius 1 is 0.792 bits per heavy atom. The Morgan fingerprint density at radius 3 is 1.17 bits per heavy atom. The maximum absolute atomic E-state index is 5.37. The summed E-state index contributed by atoms with van der Waals surface area (Å²) in [4.78, 5) is 0. The Morgan fingerprint density at radius 2 is 1.12 bits per heavy atom. The van der Waals surface area contributed by atoms with Crippen molar-refractivity contribution in [1.29, 1.82) is 0 Å². The van der Waals surface area contributed by atoms with E-state index in [4.69, 9.17) is 26.6 Å². The van der Waals surface area contributed by atoms with Crippen LogP contribution in [0.15, 0.2) is 0 Å². The first-order valence-electron chi connectivity index (χ1n) is 6.47. The molecule has 1 unspecified atom stereocenters. The number of hydrogen-bond donors (Lipinski definition) is 4. The molecule has 0 aliphatic carbocycles. The van der Waals surface area contributed by atoms with Gasteiger partial charge in [-0.05, 0) is 15.6 Å². The molecule has 0 aliphatic rings. The molecule has 0 amide bonds. The van der Waals surface area contributed by atoms with Gasteiger partial charge in [-0.3, -0.25) is 0 Å². The minimum absolute atomic E-state index is 0. The van der Waals surface area contributed by atoms with Gasteiger partial charge in [0.25, 0.3) is 0 Å². The Balaban J connectivity index is -0.000000162. The molecule has 8 nitrogen and oxygen atoms in total. The summed E-state index contributed by atoms with van der Waals surface area (Å²) in [6.45, 7) is 4.02. The SMILES string of the molecule is CCS(S)(SS)[Si](OC)(OC)OC.CC[Si](OC)(OC)OC.N.N. The van der Waals surface area contributed by atoms with Crippen LogP contribution >= 0.6 is 40.7 Å². The lowest BCUT2D eigenvalue weighted by molar-refractivity contribution is 0.125. The minimum Gasteiger partial charge on any atom is -0.377 e. The van der Waals surface area contributed by atoms with Crippen molar-refractivity contribution in [2.75, 3.05) is 48.4 Å². The summed E-state index contributed by atoms with van der Waals surface area (Å²) in [6.07, 6.45) is 0. The van der Waals surface area contributed by atoms with Gasteiger partial charge in [0.05, 0.1) is 0 Å². The summed E-state index contributed by atoms with van der Waals surface area (Å²) in [6, 6.07) is 0.816. The van der Waals surface area contributed by atoms with Crippen LogP contribution < -0.4 is 12.3 Å². The lowest BCUT2D eigenvalue weighted by Gasteiger charge is -2.41. The number of rotatable bonds is 10. The fourth-order valence-corrected chi connectivity index (χ4v) is 16.9. The van der Waals surface area contributed by atoms with E-state index in [0.29, 0.717) is 0 Å². The molecule has 0 fully saturated rings. The molecule has 6 N–H and O–H groups in total. The van der Waals surface area contributed by atoms with Gasteiger partial charge in [-0.25, -0.2) is 0 Å². The van der Waals surface area contributed by atoms with Gasteiger partial charge in [0.2, 0.25) is 0 Å². The lowest BCUT2D eigenvalue weighted by Crippen LogP contribution is -2.45. The Bertz CT molecular complexity index is 262. The second-order valence-electron chi connectivity index (χ2n) is 3.76. The predicted octanol–water partition coefficient (Wildman–Crippen LogP) is 3.73. The summed E-state index contributed by atoms with van der Waals surface area (Å²) in [7, 11) is 4.76. The first-order valence-corrected chi connectivity index (χ1v) is 16.1. The molecule has 0 bridgehead atoms. The Kier molecular flexibility index (Phi) is 23.0. The third-order valence-corrected chi connectivity index (χ3v) is 25.9. The van der Waals surface area contributed by atoms with Gasteiger partial charge in [-0.1, -0.05) is 21.4 Å². The van der Waals surface area contributed by atoms with Gasteiger partial charge < -0.3 is 38.9 Å². The molecule has 0 aliphatic heterocycles. The fraction of sp³-hybridized carbons (Fsp3) is 1.00. The molecule has 0 aromatic carbocycles. The molecule has 0 saturated heterocycles. The van der Waals surface area contributed by atoms with Gasteiger partial charge >= 0.3 is 16.8 Å². The third kappa shape index (κ3) is 8.47. The average molecular weight is 465 g/mol. The molecule has 0 heterocycles. The van der Waals surface area contributed by atoms with Crippen LogP contribution in [0.2, 0.25) is 6.04 Å². The molecule has 0 radical (unpaired) electrons. The van der Waals surface area contributed by atoms with Crippen molar-refractivity contribution in [3.63, 3.8) is 0 Å². The van der Waals surface area contributed by atoms with Crippen molar-refractivity contribution in [2.24, 2.45) is 0 Å². The number of thiol groups is 2. The first-order chi connectivity index (χ1) is 10.3. The maximum atomic E-state index is 5.37. The fourth-order valence-electron chi connectivity index (χ4n) is 1.60. The highest BCUT2D eigenvalue weighted by molar-refractivity contribution is 9.40. The molecule has 0 saturated carbocycles. The van der Waals surface area contributed by atoms with Crippen LogP contribution in [0.1, 0.15) is 13.8 Å². The van der Waals surface area contributed by atoms with Crippen LogP contribution in [-0.2, 0) is 26.6 Å². The Hall–Kier alpha value is 1.51. The monoisotopic (exact) mass is 464 g/mol. The summed E-state index contributed by atoms with van der Waals surface area (Å²) >= 11 is 8.80. The zero-order valence-electron chi connectivity index (χ0n) is 16.0. The van der Waals surface area contributed by atoms with Crippen molar-refractivity contribution in [2.45, 2.75) is 19.9 Å². The molecule has 0 aromatic rings. The van der Waals surface area contributed by atoms with E-state index in [1.54, 1.807) is 42.7 Å². The molecule has 0 rings (SSSR count). The summed E-state index contributed by atoms with van der Waals surface area (Å²) in [5.74, 6) is 0.839. The quantitative estimate of drug-likeness (QED) is 0.217. The van der Waals surface area contributed by atoms with Crippen molar-refractivity contribution >= 4 is 57.4 Å². The van der Waals surface area contributed by atoms with Crippen molar-refractivity contribution in [1.82, 2.24) is 12.3 Å². The smallest absolute Gasteiger partial charge is 0.377 e. The van der Waals surface area contributed by atoms with Gasteiger partial charge in [-0.2, -0.15) is 0 Å². The van der Waals surface area contributed by atoms with E-state index in [-0.39, 0.29) is 12.3 Å². The lowest BCUT2D eigenvalue weighted by atomic mass is 11.0. The zero-order chi connectivity index (χ0) is 17.9. The van der Waals surface area contributed by atoms with Gasteiger partial charge in [0, 0.05) is 48.7 Å². The van der Waals surface area contributed by atoms with Crippen LogP contribution in [0.5, 0.6) is 0 Å². The first kappa shape index (κ1) is 33.1. The molecule has 0 aromatic heterocycles. The van der Waals surface area contributed by atoms with E-state index in [1.807, 2.05) is 13.8 Å². The Labute approximate surface area is 164 Å². The van der Waals surface area contributed by atoms with Crippen LogP contribution in [0, 0.1) is 0 Å². The summed E-state index contributed by atoms with van der Waals surface area (Å²) in [5.41, 5.74) is 0. The number of hydrogen-bond acceptors (Lipinski definition) is 11. The van der Waals surface area contributed by atoms with Crippen molar-refractivity contribution in [3.05, 3.63) is 0 Å². The minimum atomic E-state index is -2.64. The van der Waals surface area contributed by atoms with Gasteiger partial charge in [0.15, 0.2) is 0 Å². The highest BCUT2D eigenvalue weighted by atomic mass is 33.8. The van der Waals surface area contributed by atoms with E-state index < -0.39 is 24.3 Å². The molecule has 0 spiro atoms. The largest absolute Gasteiger partial charge is 0.574 e. The van der Waals surface area contributed by atoms with Gasteiger partial charge in [0.1, 0.15) is 0 Å². The second kappa shape index (κ2) is 16.7. The third-order valence-electron chi connectivity index (χ3n) is 3.02. The van der Waals surface area contributed by atoms with E-state index in [9.17, 15) is 0 Å². The standard InChI is InChI=1S/C5H16O3S4Si.C5H14O3Si.2H3N/c1-5-12(10,11-9)13(6-2,7-3)8-4;1-5-9(6-2,7-3)8-4;;/h9-10H,5H2,1-4H3;5H2,1-4H3;2*1H3. The molecular formula is C10H36N2O6S4Si2. The molecule has 154 valence electrons. The molecule has 14 heteroatoms. The molecular weight excluding hydrogens is 429 g/mol. The van der Waals surface area contributed by atoms with Crippen molar-refractivity contribution in [3.8, 4) is 0 Å². The normalized spacial score (nSPS) is 15.1. The van der Waals surface area contributed by atoms with E-state index in [1.165, 1.54) is 9.83 Å². The summed E-state index contributed by atoms with van der Waals surface area (Å²) < 4.78 is 31.3. The highest BCUT2D eigenvalue weighted by Crippen LogP contribution is 2.71. The van der Waals surface area contributed by atoms with Crippen LogP contribution in [0.4, 0.5) is 0 Å².